The van der Waals surface area contributed by atoms with Gasteiger partial charge in [-0.1, -0.05) is 18.9 Å². The number of ether oxygens (including phenoxy) is 1. The van der Waals surface area contributed by atoms with E-state index in [4.69, 9.17) is 9.72 Å². The van der Waals surface area contributed by atoms with E-state index in [0.717, 1.165) is 55.8 Å². The number of imidazole rings is 1. The van der Waals surface area contributed by atoms with Crippen LogP contribution in [-0.4, -0.2) is 48.2 Å². The van der Waals surface area contributed by atoms with Crippen LogP contribution in [0.4, 0.5) is 0 Å². The number of fused-ring (bicyclic) bond motifs is 1. The maximum Gasteiger partial charge on any atom is 0.190 e. The second kappa shape index (κ2) is 12.4. The molecule has 0 saturated heterocycles. The van der Waals surface area contributed by atoms with Crippen molar-refractivity contribution in [1.29, 1.82) is 0 Å². The van der Waals surface area contributed by atoms with Crippen molar-refractivity contribution in [3.05, 3.63) is 35.8 Å². The Hall–Kier alpha value is -1.35. The van der Waals surface area contributed by atoms with Gasteiger partial charge in [-0.15, -0.1) is 24.0 Å². The molecule has 7 heteroatoms. The lowest BCUT2D eigenvalue weighted by Crippen LogP contribution is -2.40. The average molecular weight is 513 g/mol. The van der Waals surface area contributed by atoms with Crippen LogP contribution in [0.15, 0.2) is 29.5 Å². The molecule has 162 valence electrons. The Morgan fingerprint density at radius 1 is 1.31 bits per heavy atom. The molecule has 6 nitrogen and oxygen atoms in total. The van der Waals surface area contributed by atoms with Crippen molar-refractivity contribution in [3.63, 3.8) is 0 Å². The molecule has 0 radical (unpaired) electrons. The Labute approximate surface area is 191 Å². The lowest BCUT2D eigenvalue weighted by molar-refractivity contribution is 0.0169. The van der Waals surface area contributed by atoms with E-state index in [2.05, 4.69) is 52.2 Å². The van der Waals surface area contributed by atoms with Crippen LogP contribution >= 0.6 is 24.0 Å². The summed E-state index contributed by atoms with van der Waals surface area (Å²) in [6.45, 7) is 6.68. The number of guanidine groups is 1. The van der Waals surface area contributed by atoms with Crippen molar-refractivity contribution in [2.75, 3.05) is 26.7 Å². The summed E-state index contributed by atoms with van der Waals surface area (Å²) in [6.07, 6.45) is 11.8. The molecule has 1 aliphatic rings. The molecule has 3 rings (SSSR count). The van der Waals surface area contributed by atoms with Gasteiger partial charge in [0, 0.05) is 45.6 Å². The minimum absolute atomic E-state index is 0. The third-order valence-corrected chi connectivity index (χ3v) is 5.65. The molecule has 1 atom stereocenters. The summed E-state index contributed by atoms with van der Waals surface area (Å²) < 4.78 is 8.10. The van der Waals surface area contributed by atoms with E-state index in [1.54, 1.807) is 0 Å². The molecule has 29 heavy (non-hydrogen) atoms. The van der Waals surface area contributed by atoms with Crippen molar-refractivity contribution in [2.45, 2.75) is 58.5 Å². The minimum atomic E-state index is 0. The summed E-state index contributed by atoms with van der Waals surface area (Å²) in [5.74, 6) is 1.58. The van der Waals surface area contributed by atoms with Crippen LogP contribution in [0.2, 0.25) is 0 Å². The van der Waals surface area contributed by atoms with Gasteiger partial charge in [-0.3, -0.25) is 4.99 Å². The van der Waals surface area contributed by atoms with Gasteiger partial charge in [-0.05, 0) is 50.7 Å². The first-order valence-corrected chi connectivity index (χ1v) is 10.7. The van der Waals surface area contributed by atoms with Crippen molar-refractivity contribution in [2.24, 2.45) is 10.9 Å². The number of rotatable bonds is 9. The Bertz CT molecular complexity index is 770. The van der Waals surface area contributed by atoms with Gasteiger partial charge in [0.2, 0.25) is 0 Å². The number of aryl methyl sites for hydroxylation is 1. The summed E-state index contributed by atoms with van der Waals surface area (Å²) >= 11 is 0. The molecule has 2 aromatic heterocycles. The van der Waals surface area contributed by atoms with Crippen LogP contribution in [0.1, 0.15) is 50.3 Å². The van der Waals surface area contributed by atoms with Crippen molar-refractivity contribution in [3.8, 4) is 0 Å². The lowest BCUT2D eigenvalue weighted by atomic mass is 9.98. The molecule has 0 aliphatic heterocycles. The van der Waals surface area contributed by atoms with E-state index in [-0.39, 0.29) is 24.0 Å². The maximum absolute atomic E-state index is 6.01. The van der Waals surface area contributed by atoms with Gasteiger partial charge in [0.05, 0.1) is 11.8 Å². The molecular weight excluding hydrogens is 477 g/mol. The van der Waals surface area contributed by atoms with E-state index < -0.39 is 0 Å². The Kier molecular flexibility index (Phi) is 10.2. The number of nitrogens with one attached hydrogen (secondary N) is 2. The Morgan fingerprint density at radius 3 is 2.76 bits per heavy atom. The highest BCUT2D eigenvalue weighted by atomic mass is 127. The largest absolute Gasteiger partial charge is 0.378 e. The van der Waals surface area contributed by atoms with E-state index >= 15 is 0 Å². The predicted molar refractivity (Wildman–Crippen MR) is 130 cm³/mol. The molecule has 2 aromatic rings. The van der Waals surface area contributed by atoms with Gasteiger partial charge < -0.3 is 19.8 Å². The van der Waals surface area contributed by atoms with Gasteiger partial charge in [0.1, 0.15) is 5.65 Å². The van der Waals surface area contributed by atoms with E-state index in [1.165, 1.54) is 31.2 Å². The molecule has 1 unspecified atom stereocenters. The minimum Gasteiger partial charge on any atom is -0.378 e. The molecule has 0 bridgehead atoms. The third-order valence-electron chi connectivity index (χ3n) is 5.65. The fourth-order valence-corrected chi connectivity index (χ4v) is 4.19. The number of halogens is 1. The SMILES string of the molecule is CCOC(CCNC(=NC)NCCc1cn2cccc(C)c2n1)C1CCCC1.I. The number of nitrogens with zero attached hydrogens (tertiary/aromatic N) is 3. The molecular formula is C22H36IN5O. The molecule has 1 saturated carbocycles. The number of hydrogen-bond acceptors (Lipinski definition) is 3. The van der Waals surface area contributed by atoms with Gasteiger partial charge >= 0.3 is 0 Å². The van der Waals surface area contributed by atoms with Gasteiger partial charge in [-0.2, -0.15) is 0 Å². The zero-order chi connectivity index (χ0) is 19.8. The van der Waals surface area contributed by atoms with Crippen molar-refractivity contribution in [1.82, 2.24) is 20.0 Å². The molecule has 0 spiro atoms. The second-order valence-electron chi connectivity index (χ2n) is 7.66. The first-order chi connectivity index (χ1) is 13.7. The quantitative estimate of drug-likeness (QED) is 0.303. The summed E-state index contributed by atoms with van der Waals surface area (Å²) in [7, 11) is 1.82. The highest BCUT2D eigenvalue weighted by Crippen LogP contribution is 2.30. The van der Waals surface area contributed by atoms with Crippen LogP contribution in [0.3, 0.4) is 0 Å². The normalized spacial score (nSPS) is 16.0. The Balaban J connectivity index is 0.00000300. The van der Waals surface area contributed by atoms with E-state index in [9.17, 15) is 0 Å². The summed E-state index contributed by atoms with van der Waals surface area (Å²) in [6, 6.07) is 4.15. The molecule has 2 heterocycles. The van der Waals surface area contributed by atoms with Crippen LogP contribution in [-0.2, 0) is 11.2 Å². The first-order valence-electron chi connectivity index (χ1n) is 10.7. The van der Waals surface area contributed by atoms with Gasteiger partial charge in [0.25, 0.3) is 0 Å². The van der Waals surface area contributed by atoms with Crippen molar-refractivity contribution >= 4 is 35.6 Å². The number of aromatic nitrogens is 2. The average Bonchev–Trinajstić information content (AvgIpc) is 3.36. The predicted octanol–water partition coefficient (Wildman–Crippen LogP) is 3.95. The maximum atomic E-state index is 6.01. The van der Waals surface area contributed by atoms with Crippen LogP contribution < -0.4 is 10.6 Å². The van der Waals surface area contributed by atoms with E-state index in [1.807, 2.05) is 13.2 Å². The smallest absolute Gasteiger partial charge is 0.190 e. The third kappa shape index (κ3) is 6.84. The molecule has 1 fully saturated rings. The Morgan fingerprint density at radius 2 is 2.07 bits per heavy atom. The van der Waals surface area contributed by atoms with Crippen LogP contribution in [0, 0.1) is 12.8 Å². The zero-order valence-electron chi connectivity index (χ0n) is 18.0. The van der Waals surface area contributed by atoms with Gasteiger partial charge in [0.15, 0.2) is 5.96 Å². The van der Waals surface area contributed by atoms with Crippen LogP contribution in [0.25, 0.3) is 5.65 Å². The van der Waals surface area contributed by atoms with Crippen LogP contribution in [0.5, 0.6) is 0 Å². The lowest BCUT2D eigenvalue weighted by Gasteiger charge is -2.24. The topological polar surface area (TPSA) is 63.0 Å². The van der Waals surface area contributed by atoms with Crippen molar-refractivity contribution < 1.29 is 4.74 Å². The number of aliphatic imine (C=N–C) groups is 1. The standard InChI is InChI=1S/C22H35N5O.HI/c1-4-28-20(18-9-5-6-10-18)12-14-25-22(23-3)24-13-11-19-16-27-15-7-8-17(2)21(27)26-19;/h7-8,15-16,18,20H,4-6,9-14H2,1-3H3,(H2,23,24,25);1H. The fraction of sp³-hybridized carbons (Fsp3) is 0.636. The summed E-state index contributed by atoms with van der Waals surface area (Å²) in [4.78, 5) is 9.08. The second-order valence-corrected chi connectivity index (χ2v) is 7.66. The van der Waals surface area contributed by atoms with Gasteiger partial charge in [-0.25, -0.2) is 4.98 Å². The molecule has 0 aromatic carbocycles. The molecule has 0 amide bonds. The molecule has 2 N–H and O–H groups in total. The summed E-state index contributed by atoms with van der Waals surface area (Å²) in [5.41, 5.74) is 3.33. The highest BCUT2D eigenvalue weighted by molar-refractivity contribution is 14.0. The molecule has 1 aliphatic carbocycles. The zero-order valence-corrected chi connectivity index (χ0v) is 20.3. The van der Waals surface area contributed by atoms with E-state index in [0.29, 0.717) is 6.10 Å². The first kappa shape index (κ1) is 23.9. The fourth-order valence-electron chi connectivity index (χ4n) is 4.19. The highest BCUT2D eigenvalue weighted by Gasteiger charge is 2.25. The summed E-state index contributed by atoms with van der Waals surface area (Å²) in [5, 5.41) is 6.84. The number of hydrogen-bond donors (Lipinski definition) is 2. The number of pyridine rings is 1. The monoisotopic (exact) mass is 513 g/mol.